The summed E-state index contributed by atoms with van der Waals surface area (Å²) in [5, 5.41) is 0. The molecular formula is C21H22N4O. The number of ether oxygens (including phenoxy) is 1. The largest absolute Gasteiger partial charge is 0.399 e. The van der Waals surface area contributed by atoms with Crippen LogP contribution in [-0.2, 0) is 11.2 Å². The molecule has 0 spiro atoms. The molecule has 1 aliphatic heterocycles. The zero-order chi connectivity index (χ0) is 17.8. The highest BCUT2D eigenvalue weighted by Crippen LogP contribution is 2.30. The number of benzene rings is 2. The summed E-state index contributed by atoms with van der Waals surface area (Å²) in [6, 6.07) is 18.4. The normalized spacial score (nSPS) is 14.4. The number of hydrogen-bond acceptors (Lipinski definition) is 5. The minimum atomic E-state index is 0.736. The van der Waals surface area contributed by atoms with Crippen LogP contribution in [0, 0.1) is 0 Å². The number of morpholine rings is 1. The second-order valence-corrected chi connectivity index (χ2v) is 6.43. The highest BCUT2D eigenvalue weighted by molar-refractivity contribution is 5.76. The monoisotopic (exact) mass is 346 g/mol. The van der Waals surface area contributed by atoms with Gasteiger partial charge in [-0.15, -0.1) is 0 Å². The Morgan fingerprint density at radius 2 is 1.81 bits per heavy atom. The molecule has 4 rings (SSSR count). The molecular weight excluding hydrogens is 324 g/mol. The summed E-state index contributed by atoms with van der Waals surface area (Å²) < 4.78 is 5.48. The summed E-state index contributed by atoms with van der Waals surface area (Å²) in [4.78, 5) is 11.3. The van der Waals surface area contributed by atoms with Crippen molar-refractivity contribution in [2.75, 3.05) is 36.9 Å². The molecule has 2 aromatic carbocycles. The Kier molecular flexibility index (Phi) is 4.80. The van der Waals surface area contributed by atoms with Crippen LogP contribution in [0.3, 0.4) is 0 Å². The van der Waals surface area contributed by atoms with Gasteiger partial charge in [0.2, 0.25) is 0 Å². The predicted octanol–water partition coefficient (Wildman–Crippen LogP) is 3.15. The summed E-state index contributed by atoms with van der Waals surface area (Å²) >= 11 is 0. The van der Waals surface area contributed by atoms with Gasteiger partial charge in [-0.25, -0.2) is 9.97 Å². The van der Waals surface area contributed by atoms with Gasteiger partial charge in [-0.1, -0.05) is 30.3 Å². The van der Waals surface area contributed by atoms with Crippen LogP contribution < -0.4 is 10.6 Å². The molecule has 26 heavy (non-hydrogen) atoms. The number of para-hydroxylation sites is 1. The SMILES string of the molecule is Nc1cccc(Cc2cc(-c3ccccc3N3CCOCC3)ncn2)c1. The molecule has 0 aliphatic carbocycles. The van der Waals surface area contributed by atoms with E-state index in [1.807, 2.05) is 18.2 Å². The van der Waals surface area contributed by atoms with E-state index >= 15 is 0 Å². The van der Waals surface area contributed by atoms with Gasteiger partial charge in [0.1, 0.15) is 6.33 Å². The van der Waals surface area contributed by atoms with Crippen LogP contribution in [0.25, 0.3) is 11.3 Å². The van der Waals surface area contributed by atoms with Gasteiger partial charge in [0.25, 0.3) is 0 Å². The number of hydrogen-bond donors (Lipinski definition) is 1. The maximum absolute atomic E-state index is 5.89. The Labute approximate surface area is 153 Å². The first-order valence-corrected chi connectivity index (χ1v) is 8.87. The van der Waals surface area contributed by atoms with Crippen LogP contribution in [0.15, 0.2) is 60.9 Å². The highest BCUT2D eigenvalue weighted by Gasteiger charge is 2.16. The Balaban J connectivity index is 1.64. The van der Waals surface area contributed by atoms with Crippen LogP contribution in [0.5, 0.6) is 0 Å². The molecule has 1 aromatic heterocycles. The molecule has 2 N–H and O–H groups in total. The standard InChI is InChI=1S/C21H22N4O/c22-17-5-3-4-16(12-17)13-18-14-20(24-15-23-18)19-6-1-2-7-21(19)25-8-10-26-11-9-25/h1-7,12,14-15H,8-11,13,22H2. The van der Waals surface area contributed by atoms with Gasteiger partial charge < -0.3 is 15.4 Å². The van der Waals surface area contributed by atoms with Gasteiger partial charge in [-0.2, -0.15) is 0 Å². The quantitative estimate of drug-likeness (QED) is 0.735. The average molecular weight is 346 g/mol. The predicted molar refractivity (Wildman–Crippen MR) is 104 cm³/mol. The van der Waals surface area contributed by atoms with Crippen molar-refractivity contribution in [2.45, 2.75) is 6.42 Å². The molecule has 0 unspecified atom stereocenters. The summed E-state index contributed by atoms with van der Waals surface area (Å²) in [5.41, 5.74) is 12.1. The van der Waals surface area contributed by atoms with Crippen LogP contribution in [0.2, 0.25) is 0 Å². The van der Waals surface area contributed by atoms with Gasteiger partial charge in [-0.05, 0) is 29.8 Å². The molecule has 0 atom stereocenters. The second-order valence-electron chi connectivity index (χ2n) is 6.43. The van der Waals surface area contributed by atoms with Crippen molar-refractivity contribution in [3.63, 3.8) is 0 Å². The molecule has 132 valence electrons. The lowest BCUT2D eigenvalue weighted by Gasteiger charge is -2.30. The Morgan fingerprint density at radius 1 is 0.962 bits per heavy atom. The zero-order valence-electron chi connectivity index (χ0n) is 14.6. The molecule has 1 aliphatic rings. The van der Waals surface area contributed by atoms with Gasteiger partial charge in [0, 0.05) is 42.1 Å². The van der Waals surface area contributed by atoms with Crippen molar-refractivity contribution in [3.05, 3.63) is 72.2 Å². The number of nitrogens with zero attached hydrogens (tertiary/aromatic N) is 3. The first-order chi connectivity index (χ1) is 12.8. The van der Waals surface area contributed by atoms with Crippen LogP contribution in [0.1, 0.15) is 11.3 Å². The maximum Gasteiger partial charge on any atom is 0.116 e. The Hall–Kier alpha value is -2.92. The van der Waals surface area contributed by atoms with E-state index in [0.29, 0.717) is 0 Å². The van der Waals surface area contributed by atoms with E-state index in [2.05, 4.69) is 51.3 Å². The first kappa shape index (κ1) is 16.5. The molecule has 2 heterocycles. The van der Waals surface area contributed by atoms with E-state index < -0.39 is 0 Å². The fourth-order valence-electron chi connectivity index (χ4n) is 3.32. The van der Waals surface area contributed by atoms with Gasteiger partial charge in [-0.3, -0.25) is 0 Å². The third-order valence-corrected chi connectivity index (χ3v) is 4.59. The molecule has 1 fully saturated rings. The lowest BCUT2D eigenvalue weighted by Crippen LogP contribution is -2.36. The summed E-state index contributed by atoms with van der Waals surface area (Å²) in [5.74, 6) is 0. The number of rotatable bonds is 4. The number of anilines is 2. The fourth-order valence-corrected chi connectivity index (χ4v) is 3.32. The molecule has 0 radical (unpaired) electrons. The molecule has 0 saturated carbocycles. The molecule has 1 saturated heterocycles. The minimum Gasteiger partial charge on any atom is -0.399 e. The van der Waals surface area contributed by atoms with E-state index in [0.717, 1.165) is 60.9 Å². The third-order valence-electron chi connectivity index (χ3n) is 4.59. The van der Waals surface area contributed by atoms with Crippen LogP contribution in [-0.4, -0.2) is 36.3 Å². The van der Waals surface area contributed by atoms with Gasteiger partial charge in [0.15, 0.2) is 0 Å². The maximum atomic E-state index is 5.89. The molecule has 0 bridgehead atoms. The van der Waals surface area contributed by atoms with E-state index in [-0.39, 0.29) is 0 Å². The number of nitrogens with two attached hydrogens (primary N) is 1. The molecule has 5 nitrogen and oxygen atoms in total. The second kappa shape index (κ2) is 7.54. The minimum absolute atomic E-state index is 0.736. The highest BCUT2D eigenvalue weighted by atomic mass is 16.5. The summed E-state index contributed by atoms with van der Waals surface area (Å²) in [6.07, 6.45) is 2.38. The van der Waals surface area contributed by atoms with Crippen LogP contribution in [0.4, 0.5) is 11.4 Å². The Bertz CT molecular complexity index is 890. The van der Waals surface area contributed by atoms with Crippen LogP contribution >= 0.6 is 0 Å². The average Bonchev–Trinajstić information content (AvgIpc) is 2.69. The molecule has 3 aromatic rings. The fraction of sp³-hybridized carbons (Fsp3) is 0.238. The topological polar surface area (TPSA) is 64.3 Å². The smallest absolute Gasteiger partial charge is 0.116 e. The molecule has 5 heteroatoms. The number of aromatic nitrogens is 2. The van der Waals surface area contributed by atoms with Gasteiger partial charge >= 0.3 is 0 Å². The van der Waals surface area contributed by atoms with Gasteiger partial charge in [0.05, 0.1) is 18.9 Å². The summed E-state index contributed by atoms with van der Waals surface area (Å²) in [6.45, 7) is 3.33. The van der Waals surface area contributed by atoms with E-state index in [1.54, 1.807) is 6.33 Å². The van der Waals surface area contributed by atoms with Crippen molar-refractivity contribution in [1.29, 1.82) is 0 Å². The van der Waals surface area contributed by atoms with Crippen molar-refractivity contribution in [1.82, 2.24) is 9.97 Å². The lowest BCUT2D eigenvalue weighted by molar-refractivity contribution is 0.123. The Morgan fingerprint density at radius 3 is 2.65 bits per heavy atom. The lowest BCUT2D eigenvalue weighted by atomic mass is 10.0. The third kappa shape index (κ3) is 3.68. The van der Waals surface area contributed by atoms with Crippen molar-refractivity contribution in [2.24, 2.45) is 0 Å². The number of nitrogen functional groups attached to an aromatic ring is 1. The first-order valence-electron chi connectivity index (χ1n) is 8.87. The molecule has 0 amide bonds. The van der Waals surface area contributed by atoms with Crippen molar-refractivity contribution >= 4 is 11.4 Å². The van der Waals surface area contributed by atoms with Crippen molar-refractivity contribution in [3.8, 4) is 11.3 Å². The van der Waals surface area contributed by atoms with E-state index in [9.17, 15) is 0 Å². The summed E-state index contributed by atoms with van der Waals surface area (Å²) in [7, 11) is 0. The zero-order valence-corrected chi connectivity index (χ0v) is 14.6. The van der Waals surface area contributed by atoms with E-state index in [4.69, 9.17) is 10.5 Å². The van der Waals surface area contributed by atoms with E-state index in [1.165, 1.54) is 5.69 Å². The van der Waals surface area contributed by atoms with Crippen molar-refractivity contribution < 1.29 is 4.74 Å².